The lowest BCUT2D eigenvalue weighted by Crippen LogP contribution is -2.21. The standard InChI is InChI=1S/C24H19BrN2O3/c1-29-21-13-8-16(15-22(21)30-2)14-20-23(17-6-4-3-5-7-17)26-27(24(20)28)19-11-9-18(25)10-12-19/h3-15H,1-2H3. The quantitative estimate of drug-likeness (QED) is 0.483. The zero-order chi connectivity index (χ0) is 21.1. The first-order chi connectivity index (χ1) is 14.6. The molecule has 0 fully saturated rings. The zero-order valence-corrected chi connectivity index (χ0v) is 18.1. The van der Waals surface area contributed by atoms with Crippen LogP contribution in [0.25, 0.3) is 6.08 Å². The van der Waals surface area contributed by atoms with Crippen molar-refractivity contribution in [1.82, 2.24) is 0 Å². The van der Waals surface area contributed by atoms with E-state index in [1.54, 1.807) is 14.2 Å². The van der Waals surface area contributed by atoms with Crippen LogP contribution in [0.15, 0.2) is 87.9 Å². The summed E-state index contributed by atoms with van der Waals surface area (Å²) in [5.41, 5.74) is 3.52. The van der Waals surface area contributed by atoms with Crippen LogP contribution in [0.1, 0.15) is 11.1 Å². The van der Waals surface area contributed by atoms with Gasteiger partial charge in [-0.25, -0.2) is 0 Å². The van der Waals surface area contributed by atoms with Crippen molar-refractivity contribution < 1.29 is 14.3 Å². The van der Waals surface area contributed by atoms with Crippen molar-refractivity contribution in [2.75, 3.05) is 19.2 Å². The monoisotopic (exact) mass is 462 g/mol. The van der Waals surface area contributed by atoms with Gasteiger partial charge in [-0.15, -0.1) is 0 Å². The number of amides is 1. The van der Waals surface area contributed by atoms with Crippen molar-refractivity contribution in [3.05, 3.63) is 94.0 Å². The van der Waals surface area contributed by atoms with E-state index in [-0.39, 0.29) is 5.91 Å². The first-order valence-corrected chi connectivity index (χ1v) is 10.1. The number of methoxy groups -OCH3 is 2. The van der Waals surface area contributed by atoms with Gasteiger partial charge in [0.25, 0.3) is 5.91 Å². The van der Waals surface area contributed by atoms with Gasteiger partial charge >= 0.3 is 0 Å². The molecule has 0 aromatic heterocycles. The van der Waals surface area contributed by atoms with Crippen molar-refractivity contribution in [2.24, 2.45) is 5.10 Å². The molecule has 1 aliphatic rings. The number of ether oxygens (including phenoxy) is 2. The van der Waals surface area contributed by atoms with E-state index in [1.165, 1.54) is 5.01 Å². The highest BCUT2D eigenvalue weighted by molar-refractivity contribution is 9.10. The van der Waals surface area contributed by atoms with E-state index in [4.69, 9.17) is 9.47 Å². The first-order valence-electron chi connectivity index (χ1n) is 9.29. The van der Waals surface area contributed by atoms with E-state index in [0.717, 1.165) is 15.6 Å². The summed E-state index contributed by atoms with van der Waals surface area (Å²) in [5, 5.41) is 6.09. The van der Waals surface area contributed by atoms with Crippen molar-refractivity contribution >= 4 is 39.3 Å². The van der Waals surface area contributed by atoms with Crippen LogP contribution in [-0.4, -0.2) is 25.8 Å². The number of hydrazone groups is 1. The third-order valence-electron chi connectivity index (χ3n) is 4.71. The molecule has 5 nitrogen and oxygen atoms in total. The molecule has 0 atom stereocenters. The SMILES string of the molecule is COc1ccc(C=C2C(=O)N(c3ccc(Br)cc3)N=C2c2ccccc2)cc1OC. The second kappa shape index (κ2) is 8.55. The summed E-state index contributed by atoms with van der Waals surface area (Å²) in [4.78, 5) is 13.3. The van der Waals surface area contributed by atoms with Crippen molar-refractivity contribution in [3.63, 3.8) is 0 Å². The molecule has 3 aromatic carbocycles. The number of nitrogens with zero attached hydrogens (tertiary/aromatic N) is 2. The van der Waals surface area contributed by atoms with E-state index in [1.807, 2.05) is 78.9 Å². The van der Waals surface area contributed by atoms with Crippen LogP contribution in [-0.2, 0) is 4.79 Å². The van der Waals surface area contributed by atoms with E-state index in [0.29, 0.717) is 28.5 Å². The maximum absolute atomic E-state index is 13.3. The average Bonchev–Trinajstić information content (AvgIpc) is 3.11. The largest absolute Gasteiger partial charge is 0.493 e. The van der Waals surface area contributed by atoms with Crippen LogP contribution in [0.5, 0.6) is 11.5 Å². The number of rotatable bonds is 5. The molecule has 0 radical (unpaired) electrons. The fraction of sp³-hybridized carbons (Fsp3) is 0.0833. The van der Waals surface area contributed by atoms with Gasteiger partial charge in [0.2, 0.25) is 0 Å². The summed E-state index contributed by atoms with van der Waals surface area (Å²) in [6.45, 7) is 0. The molecular formula is C24H19BrN2O3. The average molecular weight is 463 g/mol. The van der Waals surface area contributed by atoms with Gasteiger partial charge in [0.1, 0.15) is 5.71 Å². The predicted molar refractivity (Wildman–Crippen MR) is 122 cm³/mol. The normalized spacial score (nSPS) is 14.8. The topological polar surface area (TPSA) is 51.1 Å². The Balaban J connectivity index is 1.81. The fourth-order valence-corrected chi connectivity index (χ4v) is 3.48. The van der Waals surface area contributed by atoms with Gasteiger partial charge in [-0.1, -0.05) is 52.3 Å². The van der Waals surface area contributed by atoms with E-state index < -0.39 is 0 Å². The second-order valence-corrected chi connectivity index (χ2v) is 7.50. The van der Waals surface area contributed by atoms with Crippen LogP contribution in [0.4, 0.5) is 5.69 Å². The van der Waals surface area contributed by atoms with E-state index in [9.17, 15) is 4.79 Å². The van der Waals surface area contributed by atoms with Gasteiger partial charge in [-0.2, -0.15) is 10.1 Å². The van der Waals surface area contributed by atoms with Crippen LogP contribution < -0.4 is 14.5 Å². The lowest BCUT2D eigenvalue weighted by molar-refractivity contribution is -0.114. The summed E-state index contributed by atoms with van der Waals surface area (Å²) in [6.07, 6.45) is 1.83. The number of hydrogen-bond acceptors (Lipinski definition) is 4. The molecule has 0 aliphatic carbocycles. The molecule has 1 aliphatic heterocycles. The summed E-state index contributed by atoms with van der Waals surface area (Å²) in [5.74, 6) is 1.04. The minimum atomic E-state index is -0.189. The number of hydrogen-bond donors (Lipinski definition) is 0. The molecule has 4 rings (SSSR count). The summed E-state index contributed by atoms with van der Waals surface area (Å²) >= 11 is 3.43. The highest BCUT2D eigenvalue weighted by Gasteiger charge is 2.32. The Kier molecular flexibility index (Phi) is 5.68. The zero-order valence-electron chi connectivity index (χ0n) is 16.5. The van der Waals surface area contributed by atoms with Crippen LogP contribution in [0.2, 0.25) is 0 Å². The highest BCUT2D eigenvalue weighted by atomic mass is 79.9. The summed E-state index contributed by atoms with van der Waals surface area (Å²) in [7, 11) is 3.17. The highest BCUT2D eigenvalue weighted by Crippen LogP contribution is 2.31. The number of carbonyl (C=O) groups is 1. The van der Waals surface area contributed by atoms with Crippen LogP contribution in [0, 0.1) is 0 Å². The Labute approximate surface area is 183 Å². The molecule has 0 saturated heterocycles. The molecule has 0 bridgehead atoms. The molecule has 3 aromatic rings. The van der Waals surface area contributed by atoms with E-state index in [2.05, 4.69) is 21.0 Å². The number of carbonyl (C=O) groups excluding carboxylic acids is 1. The maximum atomic E-state index is 13.3. The Morgan fingerprint density at radius 2 is 1.60 bits per heavy atom. The number of anilines is 1. The fourth-order valence-electron chi connectivity index (χ4n) is 3.22. The third-order valence-corrected chi connectivity index (χ3v) is 5.24. The van der Waals surface area contributed by atoms with Gasteiger partial charge in [0.05, 0.1) is 25.5 Å². The Morgan fingerprint density at radius 1 is 0.900 bits per heavy atom. The minimum Gasteiger partial charge on any atom is -0.493 e. The van der Waals surface area contributed by atoms with Gasteiger partial charge < -0.3 is 9.47 Å². The molecule has 1 heterocycles. The van der Waals surface area contributed by atoms with Crippen molar-refractivity contribution in [3.8, 4) is 11.5 Å². The lowest BCUT2D eigenvalue weighted by Gasteiger charge is -2.11. The summed E-state index contributed by atoms with van der Waals surface area (Å²) < 4.78 is 11.6. The van der Waals surface area contributed by atoms with Crippen molar-refractivity contribution in [1.29, 1.82) is 0 Å². The molecular weight excluding hydrogens is 444 g/mol. The number of benzene rings is 3. The molecule has 0 unspecified atom stereocenters. The van der Waals surface area contributed by atoms with Gasteiger partial charge in [0.15, 0.2) is 11.5 Å². The van der Waals surface area contributed by atoms with Crippen LogP contribution in [0.3, 0.4) is 0 Å². The minimum absolute atomic E-state index is 0.189. The summed E-state index contributed by atoms with van der Waals surface area (Å²) in [6, 6.07) is 22.7. The Hall–Kier alpha value is -3.38. The van der Waals surface area contributed by atoms with Crippen LogP contribution >= 0.6 is 15.9 Å². The van der Waals surface area contributed by atoms with Gasteiger partial charge in [0, 0.05) is 10.0 Å². The molecule has 0 saturated carbocycles. The van der Waals surface area contributed by atoms with E-state index >= 15 is 0 Å². The third kappa shape index (κ3) is 3.86. The lowest BCUT2D eigenvalue weighted by atomic mass is 10.00. The second-order valence-electron chi connectivity index (χ2n) is 6.58. The van der Waals surface area contributed by atoms with Gasteiger partial charge in [-0.05, 0) is 48.0 Å². The molecule has 0 N–H and O–H groups in total. The van der Waals surface area contributed by atoms with Gasteiger partial charge in [-0.3, -0.25) is 4.79 Å². The molecule has 150 valence electrons. The predicted octanol–water partition coefficient (Wildman–Crippen LogP) is 5.30. The Bertz CT molecular complexity index is 1140. The first kappa shape index (κ1) is 19.9. The molecule has 0 spiro atoms. The molecule has 1 amide bonds. The smallest absolute Gasteiger partial charge is 0.281 e. The van der Waals surface area contributed by atoms with Crippen molar-refractivity contribution in [2.45, 2.75) is 0 Å². The number of halogens is 1. The molecule has 6 heteroatoms. The molecule has 30 heavy (non-hydrogen) atoms. The maximum Gasteiger partial charge on any atom is 0.281 e. The Morgan fingerprint density at radius 3 is 2.27 bits per heavy atom.